The van der Waals surface area contributed by atoms with Gasteiger partial charge in [-0.3, -0.25) is 0 Å². The number of rotatable bonds is 4. The van der Waals surface area contributed by atoms with Crippen molar-refractivity contribution in [1.82, 2.24) is 0 Å². The van der Waals surface area contributed by atoms with Crippen LogP contribution in [-0.4, -0.2) is 10.6 Å². The van der Waals surface area contributed by atoms with E-state index in [1.165, 1.54) is 0 Å². The number of ether oxygens (including phenoxy) is 1. The Morgan fingerprint density at radius 1 is 1.18 bits per heavy atom. The monoisotopic (exact) mass is 359 g/mol. The van der Waals surface area contributed by atoms with Gasteiger partial charge in [0.1, 0.15) is 11.2 Å². The fraction of sp³-hybridized carbons (Fsp3) is 0.176. The fourth-order valence-corrected chi connectivity index (χ4v) is 2.54. The molecule has 0 amide bonds. The molecule has 1 heterocycles. The smallest absolute Gasteiger partial charge is 0.338 e. The Morgan fingerprint density at radius 2 is 1.91 bits per heavy atom. The van der Waals surface area contributed by atoms with Gasteiger partial charge in [0.25, 0.3) is 0 Å². The lowest BCUT2D eigenvalue weighted by molar-refractivity contribution is 0.0472. The lowest BCUT2D eigenvalue weighted by Gasteiger charge is -2.09. The van der Waals surface area contributed by atoms with Gasteiger partial charge in [0, 0.05) is 6.42 Å². The highest BCUT2D eigenvalue weighted by Gasteiger charge is 2.21. The summed E-state index contributed by atoms with van der Waals surface area (Å²) in [7, 11) is 0. The van der Waals surface area contributed by atoms with Gasteiger partial charge in [0.05, 0.1) is 5.56 Å². The average Bonchev–Trinajstić information content (AvgIpc) is 3.00. The molecule has 112 valence electrons. The third-order valence-corrected chi connectivity index (χ3v) is 3.83. The van der Waals surface area contributed by atoms with Crippen molar-refractivity contribution in [3.8, 4) is 0 Å². The van der Waals surface area contributed by atoms with Gasteiger partial charge in [-0.25, -0.2) is 4.79 Å². The summed E-state index contributed by atoms with van der Waals surface area (Å²) >= 11 is 3.31. The van der Waals surface area contributed by atoms with Crippen LogP contribution in [0, 0.1) is 0 Å². The van der Waals surface area contributed by atoms with E-state index in [2.05, 4.69) is 21.1 Å². The molecule has 1 unspecified atom stereocenters. The Balaban J connectivity index is 1.59. The maximum absolute atomic E-state index is 12.0. The molecule has 22 heavy (non-hydrogen) atoms. The van der Waals surface area contributed by atoms with Crippen molar-refractivity contribution < 1.29 is 14.4 Å². The molecule has 0 bridgehead atoms. The second-order valence-corrected chi connectivity index (χ2v) is 5.86. The van der Waals surface area contributed by atoms with Crippen LogP contribution in [0.5, 0.6) is 0 Å². The molecule has 2 aromatic rings. The van der Waals surface area contributed by atoms with Crippen molar-refractivity contribution in [1.29, 1.82) is 0 Å². The fourth-order valence-electron chi connectivity index (χ4n) is 2.17. The van der Waals surface area contributed by atoms with Gasteiger partial charge in [-0.2, -0.15) is 0 Å². The second kappa shape index (κ2) is 6.75. The molecule has 3 rings (SSSR count). The summed E-state index contributed by atoms with van der Waals surface area (Å²) in [6.45, 7) is 0.272. The van der Waals surface area contributed by atoms with Gasteiger partial charge in [-0.15, -0.1) is 0 Å². The number of hydrogen-bond donors (Lipinski definition) is 0. The zero-order valence-electron chi connectivity index (χ0n) is 11.7. The molecule has 0 saturated carbocycles. The largest absolute Gasteiger partial charge is 0.457 e. The van der Waals surface area contributed by atoms with Crippen LogP contribution in [-0.2, 0) is 16.2 Å². The lowest BCUT2D eigenvalue weighted by atomic mass is 10.1. The van der Waals surface area contributed by atoms with Gasteiger partial charge in [-0.1, -0.05) is 47.6 Å². The van der Waals surface area contributed by atoms with Crippen molar-refractivity contribution >= 4 is 26.5 Å². The SMILES string of the molecule is O=C(OCc1ccccc1)c1ccc(C2CC(Br)=NO2)cc1. The molecule has 0 saturated heterocycles. The van der Waals surface area contributed by atoms with Crippen LogP contribution >= 0.6 is 15.9 Å². The van der Waals surface area contributed by atoms with E-state index in [9.17, 15) is 4.79 Å². The van der Waals surface area contributed by atoms with E-state index in [-0.39, 0.29) is 18.7 Å². The van der Waals surface area contributed by atoms with Crippen molar-refractivity contribution in [2.24, 2.45) is 5.16 Å². The highest BCUT2D eigenvalue weighted by molar-refractivity contribution is 9.18. The minimum absolute atomic E-state index is 0.0937. The van der Waals surface area contributed by atoms with Crippen LogP contribution in [0.15, 0.2) is 59.8 Å². The van der Waals surface area contributed by atoms with E-state index in [1.54, 1.807) is 12.1 Å². The van der Waals surface area contributed by atoms with E-state index in [0.717, 1.165) is 15.7 Å². The number of benzene rings is 2. The molecule has 0 fully saturated rings. The normalized spacial score (nSPS) is 16.8. The van der Waals surface area contributed by atoms with Gasteiger partial charge < -0.3 is 9.57 Å². The molecule has 0 aromatic heterocycles. The average molecular weight is 360 g/mol. The third kappa shape index (κ3) is 3.54. The van der Waals surface area contributed by atoms with Gasteiger partial charge >= 0.3 is 5.97 Å². The maximum Gasteiger partial charge on any atom is 0.338 e. The summed E-state index contributed by atoms with van der Waals surface area (Å²) in [5.41, 5.74) is 2.48. The number of halogens is 1. The number of carbonyl (C=O) groups excluding carboxylic acids is 1. The minimum Gasteiger partial charge on any atom is -0.457 e. The van der Waals surface area contributed by atoms with E-state index in [4.69, 9.17) is 9.57 Å². The lowest BCUT2D eigenvalue weighted by Crippen LogP contribution is -2.06. The molecule has 5 heteroatoms. The Labute approximate surface area is 136 Å². The molecule has 0 aliphatic carbocycles. The highest BCUT2D eigenvalue weighted by atomic mass is 79.9. The van der Waals surface area contributed by atoms with Crippen LogP contribution in [0.3, 0.4) is 0 Å². The first-order chi connectivity index (χ1) is 10.7. The number of hydrogen-bond acceptors (Lipinski definition) is 4. The van der Waals surface area contributed by atoms with Gasteiger partial charge in [-0.05, 0) is 39.2 Å². The molecular formula is C17H14BrNO3. The van der Waals surface area contributed by atoms with Crippen molar-refractivity contribution in [3.05, 3.63) is 71.3 Å². The van der Waals surface area contributed by atoms with Crippen LogP contribution in [0.1, 0.15) is 34.0 Å². The van der Waals surface area contributed by atoms with Crippen molar-refractivity contribution in [3.63, 3.8) is 0 Å². The van der Waals surface area contributed by atoms with Crippen molar-refractivity contribution in [2.45, 2.75) is 19.1 Å². The molecule has 2 aromatic carbocycles. The summed E-state index contributed by atoms with van der Waals surface area (Å²) in [6, 6.07) is 16.8. The van der Waals surface area contributed by atoms with Gasteiger partial charge in [0.15, 0.2) is 6.10 Å². The third-order valence-electron chi connectivity index (χ3n) is 3.36. The quantitative estimate of drug-likeness (QED) is 0.768. The van der Waals surface area contributed by atoms with Crippen LogP contribution < -0.4 is 0 Å². The number of nitrogens with zero attached hydrogens (tertiary/aromatic N) is 1. The number of oxime groups is 1. The molecular weight excluding hydrogens is 346 g/mol. The summed E-state index contributed by atoms with van der Waals surface area (Å²) in [5.74, 6) is -0.333. The number of esters is 1. The molecule has 1 aliphatic heterocycles. The zero-order chi connectivity index (χ0) is 15.4. The minimum atomic E-state index is -0.333. The Kier molecular flexibility index (Phi) is 4.53. The number of carbonyl (C=O) groups is 1. The van der Waals surface area contributed by atoms with E-state index in [0.29, 0.717) is 12.0 Å². The molecule has 4 nitrogen and oxygen atoms in total. The van der Waals surface area contributed by atoms with Gasteiger partial charge in [0.2, 0.25) is 0 Å². The molecule has 0 spiro atoms. The first-order valence-electron chi connectivity index (χ1n) is 6.91. The summed E-state index contributed by atoms with van der Waals surface area (Å²) < 4.78 is 6.09. The Hall–Kier alpha value is -2.14. The summed E-state index contributed by atoms with van der Waals surface area (Å²) in [6.07, 6.45) is 0.612. The Bertz CT molecular complexity index is 683. The standard InChI is InChI=1S/C17H14BrNO3/c18-16-10-15(22-19-16)13-6-8-14(9-7-13)17(20)21-11-12-4-2-1-3-5-12/h1-9,15H,10-11H2. The summed E-state index contributed by atoms with van der Waals surface area (Å²) in [4.78, 5) is 17.3. The first-order valence-corrected chi connectivity index (χ1v) is 7.71. The van der Waals surface area contributed by atoms with Crippen LogP contribution in [0.25, 0.3) is 0 Å². The Morgan fingerprint density at radius 3 is 2.55 bits per heavy atom. The van der Waals surface area contributed by atoms with E-state index in [1.807, 2.05) is 42.5 Å². The van der Waals surface area contributed by atoms with E-state index < -0.39 is 0 Å². The van der Waals surface area contributed by atoms with Crippen LogP contribution in [0.4, 0.5) is 0 Å². The zero-order valence-corrected chi connectivity index (χ0v) is 13.3. The highest BCUT2D eigenvalue weighted by Crippen LogP contribution is 2.29. The topological polar surface area (TPSA) is 47.9 Å². The predicted octanol–water partition coefficient (Wildman–Crippen LogP) is 4.21. The maximum atomic E-state index is 12.0. The van der Waals surface area contributed by atoms with Crippen molar-refractivity contribution in [2.75, 3.05) is 0 Å². The molecule has 0 N–H and O–H groups in total. The molecule has 1 atom stereocenters. The molecule has 0 radical (unpaired) electrons. The first kappa shape index (κ1) is 14.8. The second-order valence-electron chi connectivity index (χ2n) is 4.95. The predicted molar refractivity (Wildman–Crippen MR) is 86.8 cm³/mol. The van der Waals surface area contributed by atoms with Crippen LogP contribution in [0.2, 0.25) is 0 Å². The van der Waals surface area contributed by atoms with E-state index >= 15 is 0 Å². The summed E-state index contributed by atoms with van der Waals surface area (Å²) in [5, 5.41) is 3.86. The molecule has 1 aliphatic rings.